The fourth-order valence-electron chi connectivity index (χ4n) is 3.98. The molecule has 1 aliphatic heterocycles. The first-order valence-corrected chi connectivity index (χ1v) is 8.20. The van der Waals surface area contributed by atoms with Crippen LogP contribution in [0.15, 0.2) is 0 Å². The lowest BCUT2D eigenvalue weighted by atomic mass is 9.77. The zero-order valence-electron chi connectivity index (χ0n) is 12.6. The molecule has 2 rings (SSSR count). The predicted molar refractivity (Wildman–Crippen MR) is 77.0 cm³/mol. The normalized spacial score (nSPS) is 29.6. The summed E-state index contributed by atoms with van der Waals surface area (Å²) < 4.78 is 5.31. The maximum atomic E-state index is 12.2. The second-order valence-corrected chi connectivity index (χ2v) is 6.05. The highest BCUT2D eigenvalue weighted by molar-refractivity contribution is 5.75. The number of rotatable bonds is 5. The lowest BCUT2D eigenvalue weighted by Crippen LogP contribution is -2.54. The highest BCUT2D eigenvalue weighted by atomic mass is 16.5. The lowest BCUT2D eigenvalue weighted by molar-refractivity contribution is -0.153. The van der Waals surface area contributed by atoms with Crippen molar-refractivity contribution in [2.24, 2.45) is 5.92 Å². The van der Waals surface area contributed by atoms with Crippen LogP contribution in [0.1, 0.15) is 65.2 Å². The van der Waals surface area contributed by atoms with E-state index in [1.165, 1.54) is 38.5 Å². The molecule has 1 saturated heterocycles. The van der Waals surface area contributed by atoms with Crippen molar-refractivity contribution in [1.82, 2.24) is 4.90 Å². The Morgan fingerprint density at radius 2 is 1.95 bits per heavy atom. The summed E-state index contributed by atoms with van der Waals surface area (Å²) in [5.41, 5.74) is 0. The van der Waals surface area contributed by atoms with Gasteiger partial charge in [-0.2, -0.15) is 0 Å². The van der Waals surface area contributed by atoms with Crippen LogP contribution in [0.2, 0.25) is 0 Å². The van der Waals surface area contributed by atoms with Gasteiger partial charge >= 0.3 is 5.97 Å². The molecule has 110 valence electrons. The summed E-state index contributed by atoms with van der Waals surface area (Å²) in [4.78, 5) is 14.7. The molecule has 0 aromatic rings. The fraction of sp³-hybridized carbons (Fsp3) is 0.938. The lowest BCUT2D eigenvalue weighted by Gasteiger charge is -2.46. The quantitative estimate of drug-likeness (QED) is 0.715. The van der Waals surface area contributed by atoms with E-state index in [1.54, 1.807) is 0 Å². The third-order valence-corrected chi connectivity index (χ3v) is 4.81. The van der Waals surface area contributed by atoms with Gasteiger partial charge in [-0.1, -0.05) is 26.2 Å². The maximum Gasteiger partial charge on any atom is 0.323 e. The van der Waals surface area contributed by atoms with E-state index in [4.69, 9.17) is 4.74 Å². The number of likely N-dealkylation sites (tertiary alicyclic amines) is 1. The van der Waals surface area contributed by atoms with Crippen LogP contribution in [0, 0.1) is 5.92 Å². The Morgan fingerprint density at radius 3 is 2.68 bits per heavy atom. The molecule has 0 radical (unpaired) electrons. The van der Waals surface area contributed by atoms with Crippen molar-refractivity contribution in [3.63, 3.8) is 0 Å². The third-order valence-electron chi connectivity index (χ3n) is 4.81. The number of esters is 1. The average Bonchev–Trinajstić information content (AvgIpc) is 2.44. The first kappa shape index (κ1) is 14.8. The molecule has 3 heteroatoms. The molecule has 0 N–H and O–H groups in total. The molecule has 1 heterocycles. The number of carbonyl (C=O) groups is 1. The predicted octanol–water partition coefficient (Wildman–Crippen LogP) is 3.37. The van der Waals surface area contributed by atoms with E-state index in [-0.39, 0.29) is 12.0 Å². The molecule has 19 heavy (non-hydrogen) atoms. The van der Waals surface area contributed by atoms with Crippen molar-refractivity contribution in [2.45, 2.75) is 77.3 Å². The molecular weight excluding hydrogens is 238 g/mol. The second-order valence-electron chi connectivity index (χ2n) is 6.05. The molecule has 3 atom stereocenters. The summed E-state index contributed by atoms with van der Waals surface area (Å²) in [5, 5.41) is 0. The number of hydrogen-bond acceptors (Lipinski definition) is 3. The van der Waals surface area contributed by atoms with E-state index < -0.39 is 0 Å². The Morgan fingerprint density at radius 1 is 1.21 bits per heavy atom. The van der Waals surface area contributed by atoms with Crippen LogP contribution in [0.4, 0.5) is 0 Å². The second kappa shape index (κ2) is 7.28. The van der Waals surface area contributed by atoms with Gasteiger partial charge < -0.3 is 4.74 Å². The van der Waals surface area contributed by atoms with Gasteiger partial charge in [0.05, 0.1) is 6.61 Å². The number of carbonyl (C=O) groups excluding carboxylic acids is 1. The van der Waals surface area contributed by atoms with Gasteiger partial charge in [0.2, 0.25) is 0 Å². The van der Waals surface area contributed by atoms with Crippen molar-refractivity contribution in [3.05, 3.63) is 0 Å². The van der Waals surface area contributed by atoms with E-state index in [9.17, 15) is 4.79 Å². The molecule has 0 spiro atoms. The Bertz CT molecular complexity index is 290. The van der Waals surface area contributed by atoms with Gasteiger partial charge in [0.25, 0.3) is 0 Å². The average molecular weight is 267 g/mol. The minimum atomic E-state index is 0.00979. The molecule has 2 fully saturated rings. The third kappa shape index (κ3) is 3.50. The zero-order chi connectivity index (χ0) is 13.7. The van der Waals surface area contributed by atoms with Gasteiger partial charge in [0.15, 0.2) is 0 Å². The summed E-state index contributed by atoms with van der Waals surface area (Å²) >= 11 is 0. The van der Waals surface area contributed by atoms with Crippen LogP contribution < -0.4 is 0 Å². The number of nitrogens with zero attached hydrogens (tertiary/aromatic N) is 1. The fourth-order valence-corrected chi connectivity index (χ4v) is 3.98. The van der Waals surface area contributed by atoms with Crippen LogP contribution in [-0.2, 0) is 9.53 Å². The smallest absolute Gasteiger partial charge is 0.323 e. The minimum absolute atomic E-state index is 0.00979. The van der Waals surface area contributed by atoms with E-state index in [0.29, 0.717) is 12.6 Å². The molecule has 3 nitrogen and oxygen atoms in total. The van der Waals surface area contributed by atoms with Gasteiger partial charge in [0.1, 0.15) is 6.04 Å². The standard InChI is InChI=1S/C16H29NO2/c1-3-8-15(16(18)19-4-2)17-12-7-10-13-9-5-6-11-14(13)17/h13-15H,3-12H2,1-2H3/t13-,14-,15?/m1/s1. The van der Waals surface area contributed by atoms with Crippen LogP contribution >= 0.6 is 0 Å². The van der Waals surface area contributed by atoms with E-state index >= 15 is 0 Å². The molecule has 1 aliphatic carbocycles. The van der Waals surface area contributed by atoms with Gasteiger partial charge in [-0.3, -0.25) is 9.69 Å². The zero-order valence-corrected chi connectivity index (χ0v) is 12.6. The van der Waals surface area contributed by atoms with Crippen molar-refractivity contribution >= 4 is 5.97 Å². The summed E-state index contributed by atoms with van der Waals surface area (Å²) in [6.07, 6.45) is 9.97. The minimum Gasteiger partial charge on any atom is -0.465 e. The van der Waals surface area contributed by atoms with Crippen molar-refractivity contribution in [3.8, 4) is 0 Å². The Kier molecular flexibility index (Phi) is 5.68. The van der Waals surface area contributed by atoms with E-state index in [2.05, 4.69) is 11.8 Å². The molecular formula is C16H29NO2. The van der Waals surface area contributed by atoms with Crippen LogP contribution in [0.25, 0.3) is 0 Å². The first-order valence-electron chi connectivity index (χ1n) is 8.20. The number of ether oxygens (including phenoxy) is 1. The molecule has 0 aromatic heterocycles. The highest BCUT2D eigenvalue weighted by Crippen LogP contribution is 2.37. The van der Waals surface area contributed by atoms with Gasteiger partial charge in [-0.15, -0.1) is 0 Å². The Balaban J connectivity index is 2.07. The van der Waals surface area contributed by atoms with E-state index in [1.807, 2.05) is 6.92 Å². The maximum absolute atomic E-state index is 12.2. The van der Waals surface area contributed by atoms with E-state index in [0.717, 1.165) is 25.3 Å². The summed E-state index contributed by atoms with van der Waals surface area (Å²) in [6.45, 7) is 5.65. The first-order chi connectivity index (χ1) is 9.27. The van der Waals surface area contributed by atoms with Crippen molar-refractivity contribution in [1.29, 1.82) is 0 Å². The van der Waals surface area contributed by atoms with Gasteiger partial charge in [-0.05, 0) is 51.5 Å². The van der Waals surface area contributed by atoms with Crippen molar-refractivity contribution in [2.75, 3.05) is 13.2 Å². The Hall–Kier alpha value is -0.570. The summed E-state index contributed by atoms with van der Waals surface area (Å²) in [6, 6.07) is 0.652. The number of hydrogen-bond donors (Lipinski definition) is 0. The highest BCUT2D eigenvalue weighted by Gasteiger charge is 2.39. The van der Waals surface area contributed by atoms with Crippen LogP contribution in [0.3, 0.4) is 0 Å². The molecule has 0 amide bonds. The molecule has 2 aliphatic rings. The number of fused-ring (bicyclic) bond motifs is 1. The van der Waals surface area contributed by atoms with Crippen molar-refractivity contribution < 1.29 is 9.53 Å². The summed E-state index contributed by atoms with van der Waals surface area (Å²) in [7, 11) is 0. The van der Waals surface area contributed by atoms with Gasteiger partial charge in [-0.25, -0.2) is 0 Å². The topological polar surface area (TPSA) is 29.5 Å². The molecule has 0 aromatic carbocycles. The monoisotopic (exact) mass is 267 g/mol. The largest absolute Gasteiger partial charge is 0.465 e. The number of piperidine rings is 1. The molecule has 1 unspecified atom stereocenters. The van der Waals surface area contributed by atoms with Crippen LogP contribution in [-0.4, -0.2) is 36.1 Å². The SMILES string of the molecule is CCCC(C(=O)OCC)N1CCC[C@H]2CCCC[C@H]21. The molecule has 1 saturated carbocycles. The molecule has 0 bridgehead atoms. The van der Waals surface area contributed by atoms with Crippen LogP contribution in [0.5, 0.6) is 0 Å². The Labute approximate surface area is 117 Å². The summed E-state index contributed by atoms with van der Waals surface area (Å²) in [5.74, 6) is 0.840. The van der Waals surface area contributed by atoms with Gasteiger partial charge in [0, 0.05) is 6.04 Å².